The molecule has 6 nitrogen and oxygen atoms in total. The van der Waals surface area contributed by atoms with Crippen LogP contribution in [0.4, 0.5) is 4.79 Å². The smallest absolute Gasteiger partial charge is 0.315 e. The lowest BCUT2D eigenvalue weighted by Crippen LogP contribution is -2.40. The van der Waals surface area contributed by atoms with Gasteiger partial charge in [-0.2, -0.15) is 0 Å². The summed E-state index contributed by atoms with van der Waals surface area (Å²) in [5.74, 6) is 0.826. The normalized spacial score (nSPS) is 12.1. The molecule has 0 saturated carbocycles. The number of pyridine rings is 1. The van der Waals surface area contributed by atoms with Gasteiger partial charge < -0.3 is 15.1 Å². The summed E-state index contributed by atoms with van der Waals surface area (Å²) in [6.07, 6.45) is 5.06. The van der Waals surface area contributed by atoms with Crippen molar-refractivity contribution in [3.63, 3.8) is 0 Å². The molecule has 2 rings (SSSR count). The van der Waals surface area contributed by atoms with Gasteiger partial charge in [0.2, 0.25) is 0 Å². The highest BCUT2D eigenvalue weighted by molar-refractivity contribution is 5.73. The van der Waals surface area contributed by atoms with Crippen molar-refractivity contribution in [2.75, 3.05) is 20.6 Å². The lowest BCUT2D eigenvalue weighted by molar-refractivity contribution is 0.225. The maximum absolute atomic E-state index is 11.8. The minimum Gasteiger partial charge on any atom is -0.468 e. The van der Waals surface area contributed by atoms with Crippen molar-refractivity contribution in [1.29, 1.82) is 0 Å². The third kappa shape index (κ3) is 4.61. The van der Waals surface area contributed by atoms with Gasteiger partial charge in [-0.15, -0.1) is 0 Å². The minimum atomic E-state index is -0.211. The number of hydrogen-bond acceptors (Lipinski definition) is 4. The number of rotatable bonds is 6. The summed E-state index contributed by atoms with van der Waals surface area (Å²) in [4.78, 5) is 17.8. The van der Waals surface area contributed by atoms with Gasteiger partial charge in [0.1, 0.15) is 5.76 Å². The molecule has 0 aliphatic heterocycles. The largest absolute Gasteiger partial charge is 0.468 e. The van der Waals surface area contributed by atoms with Gasteiger partial charge in [-0.05, 0) is 37.9 Å². The Morgan fingerprint density at radius 2 is 2.19 bits per heavy atom. The van der Waals surface area contributed by atoms with E-state index in [-0.39, 0.29) is 12.1 Å². The molecule has 2 amide bonds. The van der Waals surface area contributed by atoms with Gasteiger partial charge in [-0.25, -0.2) is 4.79 Å². The van der Waals surface area contributed by atoms with Gasteiger partial charge in [0.25, 0.3) is 0 Å². The molecule has 2 heterocycles. The Labute approximate surface area is 124 Å². The van der Waals surface area contributed by atoms with Crippen LogP contribution in [0.2, 0.25) is 0 Å². The third-order valence-corrected chi connectivity index (χ3v) is 3.13. The molecule has 0 aliphatic rings. The molecule has 0 fully saturated rings. The van der Waals surface area contributed by atoms with Crippen LogP contribution in [0.1, 0.15) is 17.4 Å². The summed E-state index contributed by atoms with van der Waals surface area (Å²) in [6, 6.07) is 7.29. The molecule has 0 radical (unpaired) electrons. The number of nitrogens with one attached hydrogen (secondary N) is 2. The molecule has 0 bridgehead atoms. The summed E-state index contributed by atoms with van der Waals surface area (Å²) in [7, 11) is 3.89. The second-order valence-electron chi connectivity index (χ2n) is 4.92. The molecule has 2 N–H and O–H groups in total. The quantitative estimate of drug-likeness (QED) is 0.850. The lowest BCUT2D eigenvalue weighted by Gasteiger charge is -2.22. The van der Waals surface area contributed by atoms with E-state index >= 15 is 0 Å². The molecule has 6 heteroatoms. The van der Waals surface area contributed by atoms with Crippen molar-refractivity contribution in [1.82, 2.24) is 20.5 Å². The zero-order valence-electron chi connectivity index (χ0n) is 12.2. The number of carbonyl (C=O) groups excluding carboxylic acids is 1. The molecule has 0 saturated heterocycles. The highest BCUT2D eigenvalue weighted by Crippen LogP contribution is 2.17. The summed E-state index contributed by atoms with van der Waals surface area (Å²) >= 11 is 0. The fourth-order valence-electron chi connectivity index (χ4n) is 1.96. The van der Waals surface area contributed by atoms with Crippen LogP contribution in [-0.2, 0) is 6.54 Å². The van der Waals surface area contributed by atoms with E-state index in [4.69, 9.17) is 4.42 Å². The van der Waals surface area contributed by atoms with Crippen LogP contribution in [-0.4, -0.2) is 36.6 Å². The molecule has 2 aromatic rings. The number of amides is 2. The van der Waals surface area contributed by atoms with E-state index in [1.807, 2.05) is 43.3 Å². The van der Waals surface area contributed by atoms with Crippen LogP contribution in [0.15, 0.2) is 47.3 Å². The maximum Gasteiger partial charge on any atom is 0.315 e. The van der Waals surface area contributed by atoms with Crippen molar-refractivity contribution in [2.24, 2.45) is 0 Å². The second-order valence-corrected chi connectivity index (χ2v) is 4.92. The third-order valence-electron chi connectivity index (χ3n) is 3.13. The van der Waals surface area contributed by atoms with Crippen molar-refractivity contribution in [3.8, 4) is 0 Å². The van der Waals surface area contributed by atoms with Gasteiger partial charge in [0.15, 0.2) is 0 Å². The zero-order chi connectivity index (χ0) is 15.1. The Morgan fingerprint density at radius 3 is 2.81 bits per heavy atom. The highest BCUT2D eigenvalue weighted by Gasteiger charge is 2.17. The van der Waals surface area contributed by atoms with E-state index in [1.54, 1.807) is 18.7 Å². The van der Waals surface area contributed by atoms with E-state index in [9.17, 15) is 4.79 Å². The molecule has 0 spiro atoms. The lowest BCUT2D eigenvalue weighted by atomic mass is 10.2. The summed E-state index contributed by atoms with van der Waals surface area (Å²) in [5.41, 5.74) is 0.961. The SMILES string of the molecule is CN(C)[C@@H](CNC(=O)NCc1cccnc1)c1ccco1. The number of hydrogen-bond donors (Lipinski definition) is 2. The Bertz CT molecular complexity index is 540. The summed E-state index contributed by atoms with van der Waals surface area (Å²) in [5, 5.41) is 5.65. The summed E-state index contributed by atoms with van der Waals surface area (Å²) < 4.78 is 5.40. The van der Waals surface area contributed by atoms with Gasteiger partial charge in [-0.3, -0.25) is 9.88 Å². The first kappa shape index (κ1) is 15.1. The van der Waals surface area contributed by atoms with Crippen LogP contribution in [0.3, 0.4) is 0 Å². The number of nitrogens with zero attached hydrogens (tertiary/aromatic N) is 2. The first-order valence-electron chi connectivity index (χ1n) is 6.77. The Morgan fingerprint density at radius 1 is 1.33 bits per heavy atom. The average molecular weight is 288 g/mol. The average Bonchev–Trinajstić information content (AvgIpc) is 3.00. The Kier molecular flexibility index (Phi) is 5.34. The topological polar surface area (TPSA) is 70.4 Å². The Hall–Kier alpha value is -2.34. The van der Waals surface area contributed by atoms with E-state index < -0.39 is 0 Å². The molecule has 112 valence electrons. The number of carbonyl (C=O) groups is 1. The summed E-state index contributed by atoms with van der Waals surface area (Å²) in [6.45, 7) is 0.923. The predicted molar refractivity (Wildman–Crippen MR) is 79.6 cm³/mol. The van der Waals surface area contributed by atoms with Crippen LogP contribution < -0.4 is 10.6 Å². The van der Waals surface area contributed by atoms with Crippen molar-refractivity contribution >= 4 is 6.03 Å². The van der Waals surface area contributed by atoms with Gasteiger partial charge >= 0.3 is 6.03 Å². The fraction of sp³-hybridized carbons (Fsp3) is 0.333. The molecule has 0 unspecified atom stereocenters. The van der Waals surface area contributed by atoms with E-state index in [1.165, 1.54) is 0 Å². The maximum atomic E-state index is 11.8. The standard InChI is InChI=1S/C15H20N4O2/c1-19(2)13(14-6-4-8-21-14)11-18-15(20)17-10-12-5-3-7-16-9-12/h3-9,13H,10-11H2,1-2H3,(H2,17,18,20)/t13-/m0/s1. The van der Waals surface area contributed by atoms with Crippen LogP contribution in [0, 0.1) is 0 Å². The number of likely N-dealkylation sites (N-methyl/N-ethyl adjacent to an activating group) is 1. The van der Waals surface area contributed by atoms with E-state index in [0.29, 0.717) is 13.1 Å². The van der Waals surface area contributed by atoms with E-state index in [2.05, 4.69) is 15.6 Å². The van der Waals surface area contributed by atoms with E-state index in [0.717, 1.165) is 11.3 Å². The van der Waals surface area contributed by atoms with Gasteiger partial charge in [0.05, 0.1) is 12.3 Å². The van der Waals surface area contributed by atoms with Gasteiger partial charge in [-0.1, -0.05) is 6.07 Å². The Balaban J connectivity index is 1.80. The zero-order valence-corrected chi connectivity index (χ0v) is 12.2. The molecule has 0 aromatic carbocycles. The molecule has 21 heavy (non-hydrogen) atoms. The van der Waals surface area contributed by atoms with Crippen LogP contribution in [0.25, 0.3) is 0 Å². The molecule has 0 aliphatic carbocycles. The first-order valence-corrected chi connectivity index (χ1v) is 6.77. The molecular formula is C15H20N4O2. The fourth-order valence-corrected chi connectivity index (χ4v) is 1.96. The molecule has 1 atom stereocenters. The van der Waals surface area contributed by atoms with Gasteiger partial charge in [0, 0.05) is 25.5 Å². The van der Waals surface area contributed by atoms with Crippen molar-refractivity contribution in [3.05, 3.63) is 54.2 Å². The van der Waals surface area contributed by atoms with Crippen LogP contribution in [0.5, 0.6) is 0 Å². The number of aromatic nitrogens is 1. The first-order chi connectivity index (χ1) is 10.2. The molecule has 2 aromatic heterocycles. The number of furan rings is 1. The van der Waals surface area contributed by atoms with Crippen molar-refractivity contribution < 1.29 is 9.21 Å². The monoisotopic (exact) mass is 288 g/mol. The minimum absolute atomic E-state index is 0.00384. The number of urea groups is 1. The molecular weight excluding hydrogens is 268 g/mol. The highest BCUT2D eigenvalue weighted by atomic mass is 16.3. The second kappa shape index (κ2) is 7.44. The van der Waals surface area contributed by atoms with Crippen LogP contribution >= 0.6 is 0 Å². The van der Waals surface area contributed by atoms with Crippen molar-refractivity contribution in [2.45, 2.75) is 12.6 Å². The predicted octanol–water partition coefficient (Wildman–Crippen LogP) is 1.78.